The molecule has 0 fully saturated rings. The topological polar surface area (TPSA) is 55.1 Å². The molecule has 6 heteroatoms. The fourth-order valence-electron chi connectivity index (χ4n) is 2.33. The van der Waals surface area contributed by atoms with Crippen molar-refractivity contribution < 1.29 is 9.18 Å². The van der Waals surface area contributed by atoms with Gasteiger partial charge in [0.15, 0.2) is 0 Å². The van der Waals surface area contributed by atoms with Gasteiger partial charge in [-0.15, -0.1) is 12.4 Å². The molecule has 2 atom stereocenters. The summed E-state index contributed by atoms with van der Waals surface area (Å²) in [4.78, 5) is 12.2. The van der Waals surface area contributed by atoms with Gasteiger partial charge in [0.25, 0.3) is 0 Å². The first-order valence-electron chi connectivity index (χ1n) is 7.99. The molecule has 136 valence electrons. The van der Waals surface area contributed by atoms with E-state index in [1.165, 1.54) is 6.07 Å². The second kappa shape index (κ2) is 11.1. The maximum atomic E-state index is 13.5. The van der Waals surface area contributed by atoms with Gasteiger partial charge in [0.2, 0.25) is 5.91 Å². The summed E-state index contributed by atoms with van der Waals surface area (Å²) in [5, 5.41) is 2.90. The largest absolute Gasteiger partial charge is 0.355 e. The number of amides is 1. The number of nitrogens with two attached hydrogens (primary N) is 1. The van der Waals surface area contributed by atoms with Gasteiger partial charge in [-0.25, -0.2) is 4.39 Å². The van der Waals surface area contributed by atoms with E-state index in [0.29, 0.717) is 17.9 Å². The van der Waals surface area contributed by atoms with Crippen LogP contribution in [-0.4, -0.2) is 18.2 Å². The Balaban J connectivity index is 0.00000312. The van der Waals surface area contributed by atoms with E-state index in [-0.39, 0.29) is 36.1 Å². The predicted molar refractivity (Wildman–Crippen MR) is 105 cm³/mol. The SMILES string of the molecule is CC(C(=O)NCCSCc1ccccc1F)C(N)c1ccccc1.Cl. The van der Waals surface area contributed by atoms with Crippen LogP contribution in [-0.2, 0) is 10.5 Å². The molecule has 0 spiro atoms. The Morgan fingerprint density at radius 3 is 2.48 bits per heavy atom. The highest BCUT2D eigenvalue weighted by Crippen LogP contribution is 2.19. The number of carbonyl (C=O) groups excluding carboxylic acids is 1. The second-order valence-electron chi connectivity index (χ2n) is 5.66. The zero-order chi connectivity index (χ0) is 17.4. The molecule has 3 nitrogen and oxygen atoms in total. The van der Waals surface area contributed by atoms with E-state index in [1.807, 2.05) is 43.3 Å². The summed E-state index contributed by atoms with van der Waals surface area (Å²) in [5.74, 6) is 0.785. The highest BCUT2D eigenvalue weighted by atomic mass is 35.5. The summed E-state index contributed by atoms with van der Waals surface area (Å²) in [6.07, 6.45) is 0. The third-order valence-electron chi connectivity index (χ3n) is 3.90. The molecule has 2 unspecified atom stereocenters. The molecular formula is C19H24ClFN2OS. The quantitative estimate of drug-likeness (QED) is 0.680. The number of nitrogens with one attached hydrogen (secondary N) is 1. The Hall–Kier alpha value is -1.56. The minimum absolute atomic E-state index is 0. The van der Waals surface area contributed by atoms with Crippen molar-refractivity contribution in [1.82, 2.24) is 5.32 Å². The van der Waals surface area contributed by atoms with E-state index in [0.717, 1.165) is 11.3 Å². The smallest absolute Gasteiger partial charge is 0.224 e. The normalized spacial score (nSPS) is 12.8. The van der Waals surface area contributed by atoms with Gasteiger partial charge in [-0.2, -0.15) is 11.8 Å². The molecule has 2 aromatic rings. The number of benzene rings is 2. The van der Waals surface area contributed by atoms with Crippen LogP contribution in [0.2, 0.25) is 0 Å². The van der Waals surface area contributed by atoms with E-state index in [2.05, 4.69) is 5.32 Å². The van der Waals surface area contributed by atoms with E-state index >= 15 is 0 Å². The van der Waals surface area contributed by atoms with Crippen LogP contribution in [0.5, 0.6) is 0 Å². The zero-order valence-corrected chi connectivity index (χ0v) is 15.8. The maximum Gasteiger partial charge on any atom is 0.224 e. The number of halogens is 2. The van der Waals surface area contributed by atoms with Crippen LogP contribution < -0.4 is 11.1 Å². The molecule has 3 N–H and O–H groups in total. The molecule has 0 bridgehead atoms. The van der Waals surface area contributed by atoms with E-state index < -0.39 is 0 Å². The van der Waals surface area contributed by atoms with Crippen molar-refractivity contribution in [3.63, 3.8) is 0 Å². The highest BCUT2D eigenvalue weighted by molar-refractivity contribution is 7.98. The van der Waals surface area contributed by atoms with Crippen LogP contribution in [0.25, 0.3) is 0 Å². The summed E-state index contributed by atoms with van der Waals surface area (Å²) in [5.41, 5.74) is 7.80. The second-order valence-corrected chi connectivity index (χ2v) is 6.77. The number of hydrogen-bond donors (Lipinski definition) is 2. The Bertz CT molecular complexity index is 657. The Morgan fingerprint density at radius 1 is 1.16 bits per heavy atom. The van der Waals surface area contributed by atoms with Crippen LogP contribution in [0.15, 0.2) is 54.6 Å². The lowest BCUT2D eigenvalue weighted by molar-refractivity contribution is -0.125. The Morgan fingerprint density at radius 2 is 1.80 bits per heavy atom. The van der Waals surface area contributed by atoms with E-state index in [1.54, 1.807) is 23.9 Å². The van der Waals surface area contributed by atoms with Crippen molar-refractivity contribution in [3.05, 3.63) is 71.5 Å². The van der Waals surface area contributed by atoms with Gasteiger partial charge < -0.3 is 11.1 Å². The van der Waals surface area contributed by atoms with E-state index in [4.69, 9.17) is 5.73 Å². The van der Waals surface area contributed by atoms with Crippen LogP contribution in [0, 0.1) is 11.7 Å². The fourth-order valence-corrected chi connectivity index (χ4v) is 3.18. The molecule has 0 heterocycles. The standard InChI is InChI=1S/C19H23FN2OS.ClH/c1-14(18(21)15-7-3-2-4-8-15)19(23)22-11-12-24-13-16-9-5-6-10-17(16)20;/h2-10,14,18H,11-13,21H2,1H3,(H,22,23);1H. The molecule has 0 aromatic heterocycles. The molecule has 0 aliphatic rings. The first-order chi connectivity index (χ1) is 11.6. The van der Waals surface area contributed by atoms with Crippen molar-refractivity contribution in [3.8, 4) is 0 Å². The predicted octanol–water partition coefficient (Wildman–Crippen LogP) is 3.93. The molecule has 25 heavy (non-hydrogen) atoms. The van der Waals surface area contributed by atoms with Gasteiger partial charge in [0, 0.05) is 24.1 Å². The zero-order valence-electron chi connectivity index (χ0n) is 14.2. The number of thioether (sulfide) groups is 1. The van der Waals surface area contributed by atoms with Crippen molar-refractivity contribution >= 4 is 30.1 Å². The maximum absolute atomic E-state index is 13.5. The number of carbonyl (C=O) groups is 1. The monoisotopic (exact) mass is 382 g/mol. The molecule has 0 aliphatic heterocycles. The molecule has 0 radical (unpaired) electrons. The fraction of sp³-hybridized carbons (Fsp3) is 0.316. The number of rotatable bonds is 8. The van der Waals surface area contributed by atoms with Crippen LogP contribution in [0.3, 0.4) is 0 Å². The third-order valence-corrected chi connectivity index (χ3v) is 4.91. The molecule has 0 aliphatic carbocycles. The summed E-state index contributed by atoms with van der Waals surface area (Å²) in [6.45, 7) is 2.38. The summed E-state index contributed by atoms with van der Waals surface area (Å²) in [7, 11) is 0. The van der Waals surface area contributed by atoms with Gasteiger partial charge in [-0.3, -0.25) is 4.79 Å². The molecule has 2 aromatic carbocycles. The van der Waals surface area contributed by atoms with Gasteiger partial charge in [0.05, 0.1) is 5.92 Å². The van der Waals surface area contributed by atoms with Crippen LogP contribution in [0.1, 0.15) is 24.1 Å². The van der Waals surface area contributed by atoms with Crippen LogP contribution in [0.4, 0.5) is 4.39 Å². The average molecular weight is 383 g/mol. The molecule has 0 saturated carbocycles. The molecule has 2 rings (SSSR count). The third kappa shape index (κ3) is 6.69. The minimum Gasteiger partial charge on any atom is -0.355 e. The Labute approximate surface area is 159 Å². The Kier molecular flexibility index (Phi) is 9.57. The number of hydrogen-bond acceptors (Lipinski definition) is 3. The van der Waals surface area contributed by atoms with Crippen LogP contribution >= 0.6 is 24.2 Å². The summed E-state index contributed by atoms with van der Waals surface area (Å²) in [6, 6.07) is 16.0. The first-order valence-corrected chi connectivity index (χ1v) is 9.14. The minimum atomic E-state index is -0.322. The lowest BCUT2D eigenvalue weighted by atomic mass is 9.95. The highest BCUT2D eigenvalue weighted by Gasteiger charge is 2.21. The first kappa shape index (κ1) is 21.5. The summed E-state index contributed by atoms with van der Waals surface area (Å²) < 4.78 is 13.5. The van der Waals surface area contributed by atoms with Gasteiger partial charge in [-0.05, 0) is 17.2 Å². The lowest BCUT2D eigenvalue weighted by Gasteiger charge is -2.19. The molecule has 1 amide bonds. The van der Waals surface area contributed by atoms with Gasteiger partial charge >= 0.3 is 0 Å². The molecule has 0 saturated heterocycles. The average Bonchev–Trinajstić information content (AvgIpc) is 2.62. The van der Waals surface area contributed by atoms with E-state index in [9.17, 15) is 9.18 Å². The van der Waals surface area contributed by atoms with Gasteiger partial charge in [0.1, 0.15) is 5.82 Å². The van der Waals surface area contributed by atoms with Crippen molar-refractivity contribution in [2.24, 2.45) is 11.7 Å². The van der Waals surface area contributed by atoms with Crippen molar-refractivity contribution in [1.29, 1.82) is 0 Å². The van der Waals surface area contributed by atoms with Gasteiger partial charge in [-0.1, -0.05) is 55.5 Å². The summed E-state index contributed by atoms with van der Waals surface area (Å²) >= 11 is 1.59. The lowest BCUT2D eigenvalue weighted by Crippen LogP contribution is -2.36. The molecular weight excluding hydrogens is 359 g/mol. The van der Waals surface area contributed by atoms with Crippen molar-refractivity contribution in [2.45, 2.75) is 18.7 Å². The van der Waals surface area contributed by atoms with Crippen molar-refractivity contribution in [2.75, 3.05) is 12.3 Å².